The Kier molecular flexibility index (Phi) is 3.91. The van der Waals surface area contributed by atoms with E-state index in [1.807, 2.05) is 0 Å². The summed E-state index contributed by atoms with van der Waals surface area (Å²) in [5.74, 6) is -2.22. The number of ether oxygens (including phenoxy) is 1. The molecule has 2 N–H and O–H groups in total. The predicted molar refractivity (Wildman–Crippen MR) is 83.3 cm³/mol. The maximum Gasteiger partial charge on any atom is 0.319 e. The summed E-state index contributed by atoms with van der Waals surface area (Å²) in [5.41, 5.74) is 1.19. The number of urea groups is 1. The fraction of sp³-hybridized carbons (Fsp3) is 0.412. The van der Waals surface area contributed by atoms with Crippen LogP contribution >= 0.6 is 0 Å². The first kappa shape index (κ1) is 16.0. The number of amides is 3. The van der Waals surface area contributed by atoms with Gasteiger partial charge < -0.3 is 20.3 Å². The van der Waals surface area contributed by atoms with Crippen LogP contribution in [0.5, 0.6) is 0 Å². The lowest BCUT2D eigenvalue weighted by atomic mass is 9.96. The van der Waals surface area contributed by atoms with Crippen LogP contribution in [0.2, 0.25) is 0 Å². The summed E-state index contributed by atoms with van der Waals surface area (Å²) >= 11 is 0. The highest BCUT2D eigenvalue weighted by Gasteiger charge is 2.41. The van der Waals surface area contributed by atoms with E-state index < -0.39 is 23.7 Å². The van der Waals surface area contributed by atoms with Gasteiger partial charge in [-0.25, -0.2) is 13.6 Å². The molecule has 0 aliphatic carbocycles. The Morgan fingerprint density at radius 1 is 1.24 bits per heavy atom. The highest BCUT2D eigenvalue weighted by atomic mass is 19.2. The van der Waals surface area contributed by atoms with Crippen LogP contribution in [0.1, 0.15) is 24.4 Å². The van der Waals surface area contributed by atoms with Crippen LogP contribution in [-0.2, 0) is 9.53 Å². The maximum absolute atomic E-state index is 13.6. The number of carbonyl (C=O) groups is 2. The molecule has 0 bridgehead atoms. The number of hydrogen-bond donors (Lipinski definition) is 2. The van der Waals surface area contributed by atoms with Crippen LogP contribution in [0.25, 0.3) is 0 Å². The molecule has 25 heavy (non-hydrogen) atoms. The number of carbonyl (C=O) groups excluding carboxylic acids is 2. The molecule has 0 radical (unpaired) electrons. The molecule has 1 aromatic rings. The minimum Gasteiger partial charge on any atom is -0.376 e. The fourth-order valence-electron chi connectivity index (χ4n) is 3.55. The molecule has 0 aromatic heterocycles. The Morgan fingerprint density at radius 2 is 2.08 bits per heavy atom. The summed E-state index contributed by atoms with van der Waals surface area (Å²) in [6, 6.07) is 2.09. The summed E-state index contributed by atoms with van der Waals surface area (Å²) in [7, 11) is 0. The van der Waals surface area contributed by atoms with Gasteiger partial charge >= 0.3 is 6.03 Å². The largest absolute Gasteiger partial charge is 0.376 e. The lowest BCUT2D eigenvalue weighted by molar-refractivity contribution is -0.127. The van der Waals surface area contributed by atoms with Crippen molar-refractivity contribution >= 4 is 11.9 Å². The Morgan fingerprint density at radius 3 is 2.80 bits per heavy atom. The predicted octanol–water partition coefficient (Wildman–Crippen LogP) is 1.59. The first-order chi connectivity index (χ1) is 12.0. The minimum absolute atomic E-state index is 0.00400. The third-order valence-corrected chi connectivity index (χ3v) is 4.75. The second-order valence-corrected chi connectivity index (χ2v) is 6.42. The van der Waals surface area contributed by atoms with Crippen molar-refractivity contribution in [2.45, 2.75) is 25.0 Å². The van der Waals surface area contributed by atoms with E-state index in [1.165, 1.54) is 6.07 Å². The van der Waals surface area contributed by atoms with Crippen molar-refractivity contribution in [1.29, 1.82) is 0 Å². The second kappa shape index (κ2) is 6.11. The van der Waals surface area contributed by atoms with Crippen LogP contribution in [-0.4, -0.2) is 42.6 Å². The summed E-state index contributed by atoms with van der Waals surface area (Å²) in [6.07, 6.45) is 1.86. The van der Waals surface area contributed by atoms with Gasteiger partial charge in [-0.1, -0.05) is 6.07 Å². The highest BCUT2D eigenvalue weighted by molar-refractivity contribution is 6.01. The maximum atomic E-state index is 13.6. The smallest absolute Gasteiger partial charge is 0.319 e. The van der Waals surface area contributed by atoms with Gasteiger partial charge in [0, 0.05) is 13.2 Å². The molecule has 2 atom stereocenters. The van der Waals surface area contributed by atoms with Crippen molar-refractivity contribution in [2.75, 3.05) is 19.7 Å². The van der Waals surface area contributed by atoms with Gasteiger partial charge in [-0.3, -0.25) is 4.79 Å². The molecule has 0 unspecified atom stereocenters. The zero-order chi connectivity index (χ0) is 17.6. The topological polar surface area (TPSA) is 70.7 Å². The van der Waals surface area contributed by atoms with Gasteiger partial charge in [0.2, 0.25) is 0 Å². The van der Waals surface area contributed by atoms with Crippen molar-refractivity contribution in [3.8, 4) is 0 Å². The highest BCUT2D eigenvalue weighted by Crippen LogP contribution is 2.33. The summed E-state index contributed by atoms with van der Waals surface area (Å²) < 4.78 is 32.4. The van der Waals surface area contributed by atoms with Crippen molar-refractivity contribution in [2.24, 2.45) is 0 Å². The van der Waals surface area contributed by atoms with Crippen LogP contribution in [0.15, 0.2) is 29.5 Å². The Balaban J connectivity index is 1.62. The molecule has 0 spiro atoms. The van der Waals surface area contributed by atoms with E-state index in [2.05, 4.69) is 10.6 Å². The van der Waals surface area contributed by atoms with Gasteiger partial charge in [-0.15, -0.1) is 0 Å². The van der Waals surface area contributed by atoms with E-state index in [9.17, 15) is 18.4 Å². The van der Waals surface area contributed by atoms with E-state index in [4.69, 9.17) is 4.74 Å². The van der Waals surface area contributed by atoms with Crippen LogP contribution < -0.4 is 10.6 Å². The number of benzene rings is 1. The first-order valence-corrected chi connectivity index (χ1v) is 8.19. The average Bonchev–Trinajstić information content (AvgIpc) is 3.18. The standard InChI is InChI=1S/C17H17F2N3O3/c18-11-4-3-9(6-12(11)19)15-14-13(20-17(24)21-15)8-22(16(14)23)7-10-2-1-5-25-10/h3-4,6,10,15H,1-2,5,7-8H2,(H2,20,21,24)/t10-,15-/m1/s1. The zero-order valence-electron chi connectivity index (χ0n) is 13.4. The van der Waals surface area contributed by atoms with Gasteiger partial charge in [0.05, 0.1) is 30.0 Å². The molecule has 3 aliphatic heterocycles. The lowest BCUT2D eigenvalue weighted by Crippen LogP contribution is -2.44. The third kappa shape index (κ3) is 2.86. The molecule has 3 amide bonds. The normalized spacial score (nSPS) is 25.9. The molecule has 6 nitrogen and oxygen atoms in total. The molecular formula is C17H17F2N3O3. The zero-order valence-corrected chi connectivity index (χ0v) is 13.4. The number of nitrogens with zero attached hydrogens (tertiary/aromatic N) is 1. The van der Waals surface area contributed by atoms with Gasteiger partial charge in [0.25, 0.3) is 5.91 Å². The average molecular weight is 349 g/mol. The molecule has 3 aliphatic rings. The van der Waals surface area contributed by atoms with Gasteiger partial charge in [-0.2, -0.15) is 0 Å². The van der Waals surface area contributed by atoms with Crippen molar-refractivity contribution in [3.05, 3.63) is 46.7 Å². The molecule has 8 heteroatoms. The quantitative estimate of drug-likeness (QED) is 0.871. The summed E-state index contributed by atoms with van der Waals surface area (Å²) in [6.45, 7) is 1.42. The molecule has 1 saturated heterocycles. The Hall–Kier alpha value is -2.48. The molecule has 1 aromatic carbocycles. The van der Waals surface area contributed by atoms with E-state index in [-0.39, 0.29) is 18.6 Å². The van der Waals surface area contributed by atoms with Crippen LogP contribution in [0, 0.1) is 11.6 Å². The number of hydrogen-bond acceptors (Lipinski definition) is 3. The molecule has 1 fully saturated rings. The van der Waals surface area contributed by atoms with Crippen molar-refractivity contribution in [1.82, 2.24) is 15.5 Å². The Labute approximate surface area is 142 Å². The van der Waals surface area contributed by atoms with E-state index >= 15 is 0 Å². The van der Waals surface area contributed by atoms with Gasteiger partial charge in [0.15, 0.2) is 11.6 Å². The number of nitrogens with one attached hydrogen (secondary N) is 2. The number of halogens is 2. The third-order valence-electron chi connectivity index (χ3n) is 4.75. The second-order valence-electron chi connectivity index (χ2n) is 6.42. The molecule has 4 rings (SSSR count). The molecular weight excluding hydrogens is 332 g/mol. The summed E-state index contributed by atoms with van der Waals surface area (Å²) in [5, 5.41) is 5.27. The van der Waals surface area contributed by atoms with Gasteiger partial charge in [0.1, 0.15) is 0 Å². The SMILES string of the molecule is O=C1NC2=C(C(=O)N(C[C@H]3CCCO3)C2)[C@@H](c2ccc(F)c(F)c2)N1. The monoisotopic (exact) mass is 349 g/mol. The molecule has 3 heterocycles. The fourth-order valence-corrected chi connectivity index (χ4v) is 3.55. The van der Waals surface area contributed by atoms with Crippen molar-refractivity contribution in [3.63, 3.8) is 0 Å². The van der Waals surface area contributed by atoms with E-state index in [1.54, 1.807) is 4.90 Å². The molecule has 132 valence electrons. The van der Waals surface area contributed by atoms with Gasteiger partial charge in [-0.05, 0) is 30.5 Å². The van der Waals surface area contributed by atoms with E-state index in [0.717, 1.165) is 25.0 Å². The van der Waals surface area contributed by atoms with Crippen molar-refractivity contribution < 1.29 is 23.1 Å². The van der Waals surface area contributed by atoms with E-state index in [0.29, 0.717) is 30.0 Å². The minimum atomic E-state index is -1.02. The molecule has 0 saturated carbocycles. The van der Waals surface area contributed by atoms with Crippen LogP contribution in [0.4, 0.5) is 13.6 Å². The summed E-state index contributed by atoms with van der Waals surface area (Å²) in [4.78, 5) is 26.4. The first-order valence-electron chi connectivity index (χ1n) is 8.19. The van der Waals surface area contributed by atoms with Crippen LogP contribution in [0.3, 0.4) is 0 Å². The lowest BCUT2D eigenvalue weighted by Gasteiger charge is -2.25. The Bertz CT molecular complexity index is 774. The number of rotatable bonds is 3.